The third kappa shape index (κ3) is 4.61. The standard InChI is InChI=1S/C21H27NO4/c1-5-15-9-8-10-16(6-2)20(15)22-21(24)19-17(23)13-14(4)26-18(19)11-12-25-7-3/h8-10,13H,5-7,11-12H2,1-4H3,(H,22,24). The lowest BCUT2D eigenvalue weighted by Crippen LogP contribution is -2.25. The molecule has 0 unspecified atom stereocenters. The maximum atomic E-state index is 12.9. The number of nitrogens with one attached hydrogen (secondary N) is 1. The van der Waals surface area contributed by atoms with Crippen LogP contribution in [0.15, 0.2) is 33.5 Å². The van der Waals surface area contributed by atoms with E-state index in [0.29, 0.717) is 31.2 Å². The molecule has 0 atom stereocenters. The van der Waals surface area contributed by atoms with Gasteiger partial charge in [-0.05, 0) is 37.8 Å². The van der Waals surface area contributed by atoms with E-state index in [2.05, 4.69) is 5.32 Å². The predicted octanol–water partition coefficient (Wildman–Crippen LogP) is 3.90. The highest BCUT2D eigenvalue weighted by atomic mass is 16.5. The van der Waals surface area contributed by atoms with Gasteiger partial charge in [-0.3, -0.25) is 9.59 Å². The summed E-state index contributed by atoms with van der Waals surface area (Å²) in [7, 11) is 0. The maximum Gasteiger partial charge on any atom is 0.263 e. The molecule has 1 N–H and O–H groups in total. The minimum absolute atomic E-state index is 0.0586. The van der Waals surface area contributed by atoms with Crippen molar-refractivity contribution in [2.75, 3.05) is 18.5 Å². The van der Waals surface area contributed by atoms with E-state index in [1.165, 1.54) is 6.07 Å². The molecule has 0 aliphatic rings. The van der Waals surface area contributed by atoms with Crippen molar-refractivity contribution in [3.8, 4) is 0 Å². The molecule has 1 amide bonds. The first-order chi connectivity index (χ1) is 12.5. The molecule has 26 heavy (non-hydrogen) atoms. The Bertz CT molecular complexity index is 801. The fourth-order valence-electron chi connectivity index (χ4n) is 2.97. The van der Waals surface area contributed by atoms with Gasteiger partial charge >= 0.3 is 0 Å². The molecule has 0 aliphatic carbocycles. The average Bonchev–Trinajstić information content (AvgIpc) is 2.61. The van der Waals surface area contributed by atoms with E-state index in [9.17, 15) is 9.59 Å². The molecular formula is C21H27NO4. The van der Waals surface area contributed by atoms with Crippen molar-refractivity contribution in [1.29, 1.82) is 0 Å². The lowest BCUT2D eigenvalue weighted by molar-refractivity contribution is 0.101. The molecule has 0 saturated heterocycles. The summed E-state index contributed by atoms with van der Waals surface area (Å²) in [5.74, 6) is 0.426. The van der Waals surface area contributed by atoms with Gasteiger partial charge in [-0.2, -0.15) is 0 Å². The Morgan fingerprint density at radius 3 is 2.38 bits per heavy atom. The fraction of sp³-hybridized carbons (Fsp3) is 0.429. The van der Waals surface area contributed by atoms with E-state index in [0.717, 1.165) is 29.7 Å². The number of ether oxygens (including phenoxy) is 1. The van der Waals surface area contributed by atoms with Gasteiger partial charge in [0.15, 0.2) is 5.43 Å². The van der Waals surface area contributed by atoms with Gasteiger partial charge in [0.05, 0.1) is 6.61 Å². The molecule has 5 nitrogen and oxygen atoms in total. The molecule has 0 fully saturated rings. The van der Waals surface area contributed by atoms with E-state index < -0.39 is 5.91 Å². The van der Waals surface area contributed by atoms with Gasteiger partial charge in [-0.25, -0.2) is 0 Å². The number of carbonyl (C=O) groups excluding carboxylic acids is 1. The van der Waals surface area contributed by atoms with Crippen LogP contribution in [0.3, 0.4) is 0 Å². The van der Waals surface area contributed by atoms with Crippen LogP contribution >= 0.6 is 0 Å². The summed E-state index contributed by atoms with van der Waals surface area (Å²) in [4.78, 5) is 25.4. The summed E-state index contributed by atoms with van der Waals surface area (Å²) in [5, 5.41) is 2.95. The number of hydrogen-bond acceptors (Lipinski definition) is 4. The van der Waals surface area contributed by atoms with Crippen LogP contribution in [0.25, 0.3) is 0 Å². The summed E-state index contributed by atoms with van der Waals surface area (Å²) >= 11 is 0. The highest BCUT2D eigenvalue weighted by Gasteiger charge is 2.20. The van der Waals surface area contributed by atoms with Crippen molar-refractivity contribution in [1.82, 2.24) is 0 Å². The van der Waals surface area contributed by atoms with Gasteiger partial charge in [-0.15, -0.1) is 0 Å². The number of rotatable bonds is 8. The van der Waals surface area contributed by atoms with Crippen molar-refractivity contribution in [2.24, 2.45) is 0 Å². The Kier molecular flexibility index (Phi) is 7.16. The minimum atomic E-state index is -0.430. The third-order valence-corrected chi connectivity index (χ3v) is 4.29. The summed E-state index contributed by atoms with van der Waals surface area (Å²) < 4.78 is 11.0. The molecule has 0 bridgehead atoms. The molecule has 2 rings (SSSR count). The summed E-state index contributed by atoms with van der Waals surface area (Å²) in [6.07, 6.45) is 1.97. The van der Waals surface area contributed by atoms with E-state index in [1.807, 2.05) is 39.0 Å². The van der Waals surface area contributed by atoms with E-state index in [-0.39, 0.29) is 11.0 Å². The molecule has 1 heterocycles. The summed E-state index contributed by atoms with van der Waals surface area (Å²) in [6.45, 7) is 8.65. The maximum absolute atomic E-state index is 12.9. The van der Waals surface area contributed by atoms with Gasteiger partial charge < -0.3 is 14.5 Å². The number of aryl methyl sites for hydroxylation is 3. The van der Waals surface area contributed by atoms with E-state index in [1.54, 1.807) is 6.92 Å². The molecule has 1 aromatic carbocycles. The lowest BCUT2D eigenvalue weighted by Gasteiger charge is -2.15. The van der Waals surface area contributed by atoms with E-state index >= 15 is 0 Å². The highest BCUT2D eigenvalue weighted by molar-refractivity contribution is 6.05. The molecule has 0 saturated carbocycles. The highest BCUT2D eigenvalue weighted by Crippen LogP contribution is 2.23. The number of anilines is 1. The second kappa shape index (κ2) is 9.34. The number of benzene rings is 1. The molecule has 140 valence electrons. The first kappa shape index (κ1) is 19.9. The van der Waals surface area contributed by atoms with Gasteiger partial charge in [0.1, 0.15) is 17.1 Å². The molecule has 5 heteroatoms. The van der Waals surface area contributed by atoms with E-state index in [4.69, 9.17) is 9.15 Å². The molecule has 1 aromatic heterocycles. The monoisotopic (exact) mass is 357 g/mol. The van der Waals surface area contributed by atoms with Crippen molar-refractivity contribution in [2.45, 2.75) is 47.0 Å². The molecular weight excluding hydrogens is 330 g/mol. The first-order valence-corrected chi connectivity index (χ1v) is 9.15. The molecule has 0 radical (unpaired) electrons. The molecule has 0 spiro atoms. The van der Waals surface area contributed by atoms with Crippen LogP contribution in [-0.2, 0) is 24.0 Å². The van der Waals surface area contributed by atoms with Crippen molar-refractivity contribution < 1.29 is 13.9 Å². The number of amides is 1. The number of carbonyl (C=O) groups is 1. The van der Waals surface area contributed by atoms with Gasteiger partial charge in [-0.1, -0.05) is 32.0 Å². The van der Waals surface area contributed by atoms with Crippen molar-refractivity contribution >= 4 is 11.6 Å². The van der Waals surface area contributed by atoms with Crippen LogP contribution in [0.5, 0.6) is 0 Å². The van der Waals surface area contributed by atoms with Gasteiger partial charge in [0.2, 0.25) is 0 Å². The van der Waals surface area contributed by atoms with Crippen molar-refractivity contribution in [3.63, 3.8) is 0 Å². The average molecular weight is 357 g/mol. The summed E-state index contributed by atoms with van der Waals surface area (Å²) in [6, 6.07) is 7.32. The number of hydrogen-bond donors (Lipinski definition) is 1. The Balaban J connectivity index is 2.40. The Hall–Kier alpha value is -2.40. The predicted molar refractivity (Wildman–Crippen MR) is 103 cm³/mol. The zero-order chi connectivity index (χ0) is 19.1. The quantitative estimate of drug-likeness (QED) is 0.728. The van der Waals surface area contributed by atoms with Crippen molar-refractivity contribution in [3.05, 3.63) is 62.7 Å². The van der Waals surface area contributed by atoms with Crippen LogP contribution in [0.2, 0.25) is 0 Å². The second-order valence-electron chi connectivity index (χ2n) is 6.08. The normalized spacial score (nSPS) is 10.8. The van der Waals surface area contributed by atoms with Crippen LogP contribution in [-0.4, -0.2) is 19.1 Å². The fourth-order valence-corrected chi connectivity index (χ4v) is 2.97. The Labute approximate surface area is 154 Å². The Morgan fingerprint density at radius 1 is 1.15 bits per heavy atom. The topological polar surface area (TPSA) is 68.5 Å². The van der Waals surface area contributed by atoms with Gasteiger partial charge in [0.25, 0.3) is 5.91 Å². The van der Waals surface area contributed by atoms with Crippen LogP contribution in [0.1, 0.15) is 53.8 Å². The Morgan fingerprint density at radius 2 is 1.81 bits per heavy atom. The second-order valence-corrected chi connectivity index (χ2v) is 6.08. The largest absolute Gasteiger partial charge is 0.465 e. The molecule has 0 aliphatic heterocycles. The molecule has 2 aromatic rings. The zero-order valence-corrected chi connectivity index (χ0v) is 16.0. The zero-order valence-electron chi connectivity index (χ0n) is 16.0. The third-order valence-electron chi connectivity index (χ3n) is 4.29. The van der Waals surface area contributed by atoms with Crippen LogP contribution in [0.4, 0.5) is 5.69 Å². The number of para-hydroxylation sites is 1. The lowest BCUT2D eigenvalue weighted by atomic mass is 10.0. The summed E-state index contributed by atoms with van der Waals surface area (Å²) in [5.41, 5.74) is 2.61. The SMILES string of the molecule is CCOCCc1oc(C)cc(=O)c1C(=O)Nc1c(CC)cccc1CC. The minimum Gasteiger partial charge on any atom is -0.465 e. The van der Waals surface area contributed by atoms with Gasteiger partial charge in [0, 0.05) is 24.8 Å². The smallest absolute Gasteiger partial charge is 0.263 e. The van der Waals surface area contributed by atoms with Crippen LogP contribution < -0.4 is 10.7 Å². The first-order valence-electron chi connectivity index (χ1n) is 9.15. The van der Waals surface area contributed by atoms with Crippen LogP contribution in [0, 0.1) is 6.92 Å².